The van der Waals surface area contributed by atoms with E-state index in [1.165, 1.54) is 25.7 Å². The number of nitrogens with two attached hydrogens (primary N) is 1. The van der Waals surface area contributed by atoms with E-state index in [1.54, 1.807) is 0 Å². The maximum absolute atomic E-state index is 11.4. The molecule has 2 aliphatic rings. The largest absolute Gasteiger partial charge is 0.369 e. The van der Waals surface area contributed by atoms with Crippen LogP contribution in [0, 0.1) is 17.3 Å². The Balaban J connectivity index is 1.55. The topological polar surface area (TPSA) is 95.6 Å². The Labute approximate surface area is 180 Å². The van der Waals surface area contributed by atoms with Gasteiger partial charge in [0.05, 0.1) is 0 Å². The molecule has 0 bridgehead atoms. The number of nitrogens with one attached hydrogen (secondary N) is 2. The molecule has 2 heterocycles. The SMILES string of the molecule is CN=C(NCc1cccnc1N1CCC(C(N)=O)CC1)NCC1(CC(C)C)CCC1. The number of guanidine groups is 1. The Morgan fingerprint density at radius 3 is 2.63 bits per heavy atom. The fourth-order valence-corrected chi connectivity index (χ4v) is 4.90. The van der Waals surface area contributed by atoms with Gasteiger partial charge in [0.2, 0.25) is 5.91 Å². The number of rotatable bonds is 8. The molecule has 0 atom stereocenters. The number of nitrogens with zero attached hydrogens (tertiary/aromatic N) is 3. The summed E-state index contributed by atoms with van der Waals surface area (Å²) < 4.78 is 0. The zero-order valence-electron chi connectivity index (χ0n) is 18.8. The number of pyridine rings is 1. The number of primary amides is 1. The molecule has 1 aliphatic carbocycles. The fraction of sp³-hybridized carbons (Fsp3) is 0.696. The number of piperidine rings is 1. The molecule has 1 saturated carbocycles. The summed E-state index contributed by atoms with van der Waals surface area (Å²) in [6.07, 6.45) is 8.64. The highest BCUT2D eigenvalue weighted by Gasteiger charge is 2.37. The lowest BCUT2D eigenvalue weighted by Crippen LogP contribution is -2.47. The molecule has 2 fully saturated rings. The van der Waals surface area contributed by atoms with Crippen LogP contribution in [-0.4, -0.2) is 43.5 Å². The van der Waals surface area contributed by atoms with Crippen LogP contribution in [0.3, 0.4) is 0 Å². The summed E-state index contributed by atoms with van der Waals surface area (Å²) in [4.78, 5) is 22.8. The molecule has 3 rings (SSSR count). The Bertz CT molecular complexity index is 735. The van der Waals surface area contributed by atoms with Crippen LogP contribution >= 0.6 is 0 Å². The van der Waals surface area contributed by atoms with Crippen LogP contribution in [0.2, 0.25) is 0 Å². The molecular weight excluding hydrogens is 376 g/mol. The number of aromatic nitrogens is 1. The van der Waals surface area contributed by atoms with Crippen molar-refractivity contribution in [2.75, 3.05) is 31.6 Å². The monoisotopic (exact) mass is 414 g/mol. The maximum atomic E-state index is 11.4. The van der Waals surface area contributed by atoms with Crippen LogP contribution in [-0.2, 0) is 11.3 Å². The summed E-state index contributed by atoms with van der Waals surface area (Å²) in [6, 6.07) is 4.08. The first-order chi connectivity index (χ1) is 14.4. The van der Waals surface area contributed by atoms with Crippen molar-refractivity contribution in [3.63, 3.8) is 0 Å². The van der Waals surface area contributed by atoms with E-state index in [-0.39, 0.29) is 11.8 Å². The van der Waals surface area contributed by atoms with Gasteiger partial charge in [-0.2, -0.15) is 0 Å². The molecule has 1 saturated heterocycles. The van der Waals surface area contributed by atoms with Gasteiger partial charge in [0, 0.05) is 50.9 Å². The van der Waals surface area contributed by atoms with Crippen LogP contribution in [0.4, 0.5) is 5.82 Å². The van der Waals surface area contributed by atoms with Crippen LogP contribution in [0.5, 0.6) is 0 Å². The molecular formula is C23H38N6O. The zero-order valence-corrected chi connectivity index (χ0v) is 18.8. The van der Waals surface area contributed by atoms with Gasteiger partial charge >= 0.3 is 0 Å². The highest BCUT2D eigenvalue weighted by atomic mass is 16.1. The summed E-state index contributed by atoms with van der Waals surface area (Å²) in [6.45, 7) is 7.87. The molecule has 1 aromatic rings. The molecule has 7 heteroatoms. The first kappa shape index (κ1) is 22.4. The quantitative estimate of drug-likeness (QED) is 0.449. The first-order valence-electron chi connectivity index (χ1n) is 11.3. The first-order valence-corrected chi connectivity index (χ1v) is 11.3. The molecule has 0 spiro atoms. The van der Waals surface area contributed by atoms with Crippen LogP contribution in [0.25, 0.3) is 0 Å². The van der Waals surface area contributed by atoms with Gasteiger partial charge in [-0.15, -0.1) is 0 Å². The average molecular weight is 415 g/mol. The van der Waals surface area contributed by atoms with E-state index in [4.69, 9.17) is 5.73 Å². The molecule has 0 unspecified atom stereocenters. The maximum Gasteiger partial charge on any atom is 0.220 e. The van der Waals surface area contributed by atoms with E-state index < -0.39 is 0 Å². The second-order valence-electron chi connectivity index (χ2n) is 9.38. The molecule has 0 radical (unpaired) electrons. The zero-order chi connectivity index (χ0) is 21.6. The molecule has 0 aromatic carbocycles. The van der Waals surface area contributed by atoms with Gasteiger partial charge in [0.25, 0.3) is 0 Å². The minimum absolute atomic E-state index is 0.0146. The van der Waals surface area contributed by atoms with E-state index in [0.717, 1.165) is 55.7 Å². The Morgan fingerprint density at radius 2 is 2.07 bits per heavy atom. The molecule has 166 valence electrons. The van der Waals surface area contributed by atoms with Crippen molar-refractivity contribution in [1.29, 1.82) is 0 Å². The van der Waals surface area contributed by atoms with Crippen LogP contribution in [0.15, 0.2) is 23.3 Å². The number of aliphatic imine (C=N–C) groups is 1. The predicted molar refractivity (Wildman–Crippen MR) is 122 cm³/mol. The fourth-order valence-electron chi connectivity index (χ4n) is 4.90. The van der Waals surface area contributed by atoms with Crippen LogP contribution in [0.1, 0.15) is 57.9 Å². The van der Waals surface area contributed by atoms with Gasteiger partial charge in [-0.05, 0) is 49.5 Å². The molecule has 7 nitrogen and oxygen atoms in total. The molecule has 1 aliphatic heterocycles. The van der Waals surface area contributed by atoms with Crippen molar-refractivity contribution in [3.05, 3.63) is 23.9 Å². The normalized spacial score (nSPS) is 19.5. The third kappa shape index (κ3) is 5.64. The summed E-state index contributed by atoms with van der Waals surface area (Å²) in [5.41, 5.74) is 7.04. The summed E-state index contributed by atoms with van der Waals surface area (Å²) in [5.74, 6) is 2.35. The van der Waals surface area contributed by atoms with E-state index in [0.29, 0.717) is 12.0 Å². The minimum Gasteiger partial charge on any atom is -0.369 e. The summed E-state index contributed by atoms with van der Waals surface area (Å²) in [7, 11) is 1.82. The lowest BCUT2D eigenvalue weighted by molar-refractivity contribution is -0.122. The number of hydrogen-bond donors (Lipinski definition) is 3. The number of carbonyl (C=O) groups is 1. The number of anilines is 1. The number of carbonyl (C=O) groups excluding carboxylic acids is 1. The molecule has 4 N–H and O–H groups in total. The molecule has 30 heavy (non-hydrogen) atoms. The minimum atomic E-state index is -0.186. The van der Waals surface area contributed by atoms with Gasteiger partial charge in [-0.1, -0.05) is 26.3 Å². The lowest BCUT2D eigenvalue weighted by atomic mass is 9.64. The third-order valence-corrected chi connectivity index (χ3v) is 6.62. The lowest BCUT2D eigenvalue weighted by Gasteiger charge is -2.43. The van der Waals surface area contributed by atoms with Gasteiger partial charge in [0.1, 0.15) is 5.82 Å². The summed E-state index contributed by atoms with van der Waals surface area (Å²) >= 11 is 0. The van der Waals surface area contributed by atoms with E-state index >= 15 is 0 Å². The highest BCUT2D eigenvalue weighted by molar-refractivity contribution is 5.80. The van der Waals surface area contributed by atoms with Gasteiger partial charge < -0.3 is 21.3 Å². The average Bonchev–Trinajstić information content (AvgIpc) is 2.71. The highest BCUT2D eigenvalue weighted by Crippen LogP contribution is 2.45. The van der Waals surface area contributed by atoms with Crippen molar-refractivity contribution in [2.45, 2.75) is 58.9 Å². The second kappa shape index (κ2) is 10.1. The number of amides is 1. The Hall–Kier alpha value is -2.31. The summed E-state index contributed by atoms with van der Waals surface area (Å²) in [5, 5.41) is 7.02. The second-order valence-corrected chi connectivity index (χ2v) is 9.38. The Morgan fingerprint density at radius 1 is 1.33 bits per heavy atom. The van der Waals surface area contributed by atoms with Crippen molar-refractivity contribution in [1.82, 2.24) is 15.6 Å². The molecule has 1 aromatic heterocycles. The predicted octanol–water partition coefficient (Wildman–Crippen LogP) is 2.66. The molecule has 1 amide bonds. The number of hydrogen-bond acceptors (Lipinski definition) is 4. The van der Waals surface area contributed by atoms with Gasteiger partial charge in [-0.3, -0.25) is 9.79 Å². The van der Waals surface area contributed by atoms with Gasteiger partial charge in [-0.25, -0.2) is 4.98 Å². The van der Waals surface area contributed by atoms with Gasteiger partial charge in [0.15, 0.2) is 5.96 Å². The van der Waals surface area contributed by atoms with Crippen molar-refractivity contribution < 1.29 is 4.79 Å². The van der Waals surface area contributed by atoms with Crippen molar-refractivity contribution in [2.24, 2.45) is 28.0 Å². The Kier molecular flexibility index (Phi) is 7.56. The smallest absolute Gasteiger partial charge is 0.220 e. The third-order valence-electron chi connectivity index (χ3n) is 6.62. The standard InChI is InChI=1S/C23H38N6O/c1-17(2)14-23(9-5-10-23)16-28-22(25-3)27-15-19-6-4-11-26-21(19)29-12-7-18(8-13-29)20(24)30/h4,6,11,17-18H,5,7-10,12-16H2,1-3H3,(H2,24,30)(H2,25,27,28). The van der Waals surface area contributed by atoms with E-state index in [2.05, 4.69) is 45.4 Å². The van der Waals surface area contributed by atoms with E-state index in [9.17, 15) is 4.79 Å². The van der Waals surface area contributed by atoms with Crippen molar-refractivity contribution in [3.8, 4) is 0 Å². The van der Waals surface area contributed by atoms with E-state index in [1.807, 2.05) is 19.3 Å². The van der Waals surface area contributed by atoms with Crippen LogP contribution < -0.4 is 21.3 Å². The van der Waals surface area contributed by atoms with Crippen molar-refractivity contribution >= 4 is 17.7 Å².